The fourth-order valence-corrected chi connectivity index (χ4v) is 2.58. The lowest BCUT2D eigenvalue weighted by atomic mass is 10.2. The average Bonchev–Trinajstić information content (AvgIpc) is 2.47. The van der Waals surface area contributed by atoms with Crippen LogP contribution in [-0.2, 0) is 5.88 Å². The Morgan fingerprint density at radius 2 is 2.23 bits per heavy atom. The van der Waals surface area contributed by atoms with Gasteiger partial charge < -0.3 is 5.11 Å². The number of fused-ring (bicyclic) bond motifs is 1. The first kappa shape index (κ1) is 8.78. The monoisotopic (exact) mass is 216 g/mol. The van der Waals surface area contributed by atoms with E-state index in [4.69, 9.17) is 11.6 Å². The van der Waals surface area contributed by atoms with Crippen LogP contribution in [0.5, 0.6) is 5.75 Å². The molecule has 1 N–H and O–H groups in total. The van der Waals surface area contributed by atoms with E-state index in [1.54, 1.807) is 0 Å². The van der Waals surface area contributed by atoms with Gasteiger partial charge >= 0.3 is 0 Å². The van der Waals surface area contributed by atoms with Crippen LogP contribution in [0, 0.1) is 5.82 Å². The molecule has 1 nitrogen and oxygen atoms in total. The first-order valence-electron chi connectivity index (χ1n) is 3.67. The molecule has 0 radical (unpaired) electrons. The normalized spacial score (nSPS) is 10.9. The number of benzene rings is 1. The van der Waals surface area contributed by atoms with E-state index in [2.05, 4.69) is 0 Å². The smallest absolute Gasteiger partial charge is 0.128 e. The Balaban J connectivity index is 2.82. The van der Waals surface area contributed by atoms with E-state index in [1.165, 1.54) is 17.4 Å². The predicted octanol–water partition coefficient (Wildman–Crippen LogP) is 3.48. The minimum absolute atomic E-state index is 0.0353. The molecule has 4 heteroatoms. The molecule has 0 aliphatic rings. The zero-order valence-electron chi connectivity index (χ0n) is 6.55. The quantitative estimate of drug-likeness (QED) is 0.724. The van der Waals surface area contributed by atoms with Gasteiger partial charge in [-0.25, -0.2) is 4.39 Å². The highest BCUT2D eigenvalue weighted by Gasteiger charge is 2.09. The highest BCUT2D eigenvalue weighted by Crippen LogP contribution is 2.34. The standard InChI is InChI=1S/C9H6ClFOS/c10-3-5-4-13-8-2-6(11)1-7(12)9(5)8/h1-2,4,12H,3H2. The van der Waals surface area contributed by atoms with Crippen molar-refractivity contribution in [1.82, 2.24) is 0 Å². The van der Waals surface area contributed by atoms with Crippen LogP contribution in [0.25, 0.3) is 10.1 Å². The number of aromatic hydroxyl groups is 1. The van der Waals surface area contributed by atoms with E-state index in [-0.39, 0.29) is 5.75 Å². The number of phenolic OH excluding ortho intramolecular Hbond substituents is 1. The number of rotatable bonds is 1. The van der Waals surface area contributed by atoms with Gasteiger partial charge in [-0.15, -0.1) is 22.9 Å². The van der Waals surface area contributed by atoms with Crippen molar-refractivity contribution in [2.45, 2.75) is 5.88 Å². The van der Waals surface area contributed by atoms with Gasteiger partial charge in [0.05, 0.1) is 0 Å². The van der Waals surface area contributed by atoms with Crippen molar-refractivity contribution in [1.29, 1.82) is 0 Å². The topological polar surface area (TPSA) is 20.2 Å². The molecule has 0 bridgehead atoms. The first-order chi connectivity index (χ1) is 6.22. The summed E-state index contributed by atoms with van der Waals surface area (Å²) in [5.74, 6) is -0.126. The number of alkyl halides is 1. The van der Waals surface area contributed by atoms with Gasteiger partial charge in [0.2, 0.25) is 0 Å². The second-order valence-corrected chi connectivity index (χ2v) is 3.87. The van der Waals surface area contributed by atoms with Gasteiger partial charge in [0.15, 0.2) is 0 Å². The fourth-order valence-electron chi connectivity index (χ4n) is 1.28. The van der Waals surface area contributed by atoms with E-state index in [9.17, 15) is 9.50 Å². The van der Waals surface area contributed by atoms with Crippen LogP contribution in [0.1, 0.15) is 5.56 Å². The van der Waals surface area contributed by atoms with Crippen molar-refractivity contribution >= 4 is 33.0 Å². The Kier molecular flexibility index (Phi) is 2.14. The van der Waals surface area contributed by atoms with Crippen molar-refractivity contribution in [3.8, 4) is 5.75 Å². The van der Waals surface area contributed by atoms with E-state index in [0.29, 0.717) is 11.3 Å². The average molecular weight is 217 g/mol. The molecule has 2 aromatic rings. The number of hydrogen-bond donors (Lipinski definition) is 1. The SMILES string of the molecule is Oc1cc(F)cc2scc(CCl)c12. The third-order valence-electron chi connectivity index (χ3n) is 1.84. The van der Waals surface area contributed by atoms with Crippen molar-refractivity contribution in [3.63, 3.8) is 0 Å². The van der Waals surface area contributed by atoms with Crippen molar-refractivity contribution in [3.05, 3.63) is 28.9 Å². The van der Waals surface area contributed by atoms with Gasteiger partial charge in [0.1, 0.15) is 11.6 Å². The molecule has 1 aromatic carbocycles. The molecule has 1 aromatic heterocycles. The molecule has 0 aliphatic carbocycles. The van der Waals surface area contributed by atoms with Crippen LogP contribution in [-0.4, -0.2) is 5.11 Å². The van der Waals surface area contributed by atoms with Crippen LogP contribution in [0.2, 0.25) is 0 Å². The van der Waals surface area contributed by atoms with Crippen LogP contribution in [0.15, 0.2) is 17.5 Å². The van der Waals surface area contributed by atoms with Gasteiger partial charge in [-0.2, -0.15) is 0 Å². The summed E-state index contributed by atoms with van der Waals surface area (Å²) < 4.78 is 13.6. The zero-order chi connectivity index (χ0) is 9.42. The third-order valence-corrected chi connectivity index (χ3v) is 3.11. The largest absolute Gasteiger partial charge is 0.507 e. The third kappa shape index (κ3) is 1.38. The van der Waals surface area contributed by atoms with Gasteiger partial charge in [0, 0.05) is 22.0 Å². The van der Waals surface area contributed by atoms with E-state index in [0.717, 1.165) is 16.3 Å². The molecule has 0 saturated carbocycles. The van der Waals surface area contributed by atoms with Crippen LogP contribution in [0.4, 0.5) is 4.39 Å². The van der Waals surface area contributed by atoms with Crippen molar-refractivity contribution in [2.24, 2.45) is 0 Å². The molecular formula is C9H6ClFOS. The molecule has 0 unspecified atom stereocenters. The van der Waals surface area contributed by atoms with Crippen molar-refractivity contribution in [2.75, 3.05) is 0 Å². The van der Waals surface area contributed by atoms with Crippen LogP contribution in [0.3, 0.4) is 0 Å². The summed E-state index contributed by atoms with van der Waals surface area (Å²) in [5.41, 5.74) is 0.846. The lowest BCUT2D eigenvalue weighted by Gasteiger charge is -1.97. The van der Waals surface area contributed by atoms with Crippen LogP contribution >= 0.6 is 22.9 Å². The minimum Gasteiger partial charge on any atom is -0.507 e. The number of phenols is 1. The highest BCUT2D eigenvalue weighted by atomic mass is 35.5. The first-order valence-corrected chi connectivity index (χ1v) is 5.08. The lowest BCUT2D eigenvalue weighted by Crippen LogP contribution is -1.77. The Bertz CT molecular complexity index is 452. The Labute approximate surface area is 83.4 Å². The zero-order valence-corrected chi connectivity index (χ0v) is 8.12. The molecule has 0 amide bonds. The summed E-state index contributed by atoms with van der Waals surface area (Å²) in [6.45, 7) is 0. The lowest BCUT2D eigenvalue weighted by molar-refractivity contribution is 0.475. The second-order valence-electron chi connectivity index (χ2n) is 2.69. The Morgan fingerprint density at radius 1 is 1.46 bits per heavy atom. The summed E-state index contributed by atoms with van der Waals surface area (Å²) in [4.78, 5) is 0. The molecule has 2 rings (SSSR count). The van der Waals surface area contributed by atoms with Gasteiger partial charge in [-0.3, -0.25) is 0 Å². The molecule has 0 aliphatic heterocycles. The summed E-state index contributed by atoms with van der Waals surface area (Å²) in [6, 6.07) is 2.50. The van der Waals surface area contributed by atoms with E-state index < -0.39 is 5.82 Å². The maximum atomic E-state index is 12.8. The molecule has 0 atom stereocenters. The molecule has 1 heterocycles. The summed E-state index contributed by atoms with van der Waals surface area (Å²) in [7, 11) is 0. The number of hydrogen-bond acceptors (Lipinski definition) is 2. The molecule has 68 valence electrons. The Morgan fingerprint density at radius 3 is 2.92 bits per heavy atom. The molecular weight excluding hydrogens is 211 g/mol. The number of thiophene rings is 1. The van der Waals surface area contributed by atoms with Crippen molar-refractivity contribution < 1.29 is 9.50 Å². The van der Waals surface area contributed by atoms with Gasteiger partial charge in [-0.05, 0) is 17.0 Å². The molecule has 0 saturated heterocycles. The summed E-state index contributed by atoms with van der Waals surface area (Å²) >= 11 is 7.04. The van der Waals surface area contributed by atoms with Gasteiger partial charge in [0.25, 0.3) is 0 Å². The Hall–Kier alpha value is -0.800. The fraction of sp³-hybridized carbons (Fsp3) is 0.111. The number of halogens is 2. The summed E-state index contributed by atoms with van der Waals surface area (Å²) in [6.07, 6.45) is 0. The molecule has 13 heavy (non-hydrogen) atoms. The van der Waals surface area contributed by atoms with E-state index in [1.807, 2.05) is 5.38 Å². The maximum Gasteiger partial charge on any atom is 0.128 e. The molecule has 0 fully saturated rings. The summed E-state index contributed by atoms with van der Waals surface area (Å²) in [5, 5.41) is 12.0. The maximum absolute atomic E-state index is 12.8. The molecule has 0 spiro atoms. The highest BCUT2D eigenvalue weighted by molar-refractivity contribution is 7.17. The van der Waals surface area contributed by atoms with E-state index >= 15 is 0 Å². The van der Waals surface area contributed by atoms with Crippen LogP contribution < -0.4 is 0 Å². The minimum atomic E-state index is -0.423. The van der Waals surface area contributed by atoms with Gasteiger partial charge in [-0.1, -0.05) is 0 Å². The predicted molar refractivity (Wildman–Crippen MR) is 53.0 cm³/mol. The second kappa shape index (κ2) is 3.16.